The van der Waals surface area contributed by atoms with Gasteiger partial charge in [0.15, 0.2) is 0 Å². The van der Waals surface area contributed by atoms with Gasteiger partial charge in [0.2, 0.25) is 0 Å². The minimum atomic E-state index is 0.277. The topological polar surface area (TPSA) is 25.2 Å². The van der Waals surface area contributed by atoms with E-state index in [1.807, 2.05) is 12.1 Å². The van der Waals surface area contributed by atoms with Gasteiger partial charge >= 0.3 is 0 Å². The Hall–Kier alpha value is -1.28. The molecule has 2 heteroatoms. The lowest BCUT2D eigenvalue weighted by Crippen LogP contribution is -2.36. The van der Waals surface area contributed by atoms with Gasteiger partial charge in [0, 0.05) is 11.4 Å². The molecule has 1 aliphatic carbocycles. The molecule has 2 atom stereocenters. The molecule has 0 aliphatic heterocycles. The summed E-state index contributed by atoms with van der Waals surface area (Å²) >= 11 is 0. The molecule has 1 N–H and O–H groups in total. The number of rotatable bonds is 4. The van der Waals surface area contributed by atoms with Gasteiger partial charge in [-0.25, -0.2) is 0 Å². The third-order valence-electron chi connectivity index (χ3n) is 4.74. The molecule has 2 nitrogen and oxygen atoms in total. The van der Waals surface area contributed by atoms with Crippen LogP contribution >= 0.6 is 0 Å². The second kappa shape index (κ2) is 6.01. The van der Waals surface area contributed by atoms with Crippen molar-refractivity contribution in [3.05, 3.63) is 36.1 Å². The molecule has 1 fully saturated rings. The van der Waals surface area contributed by atoms with E-state index in [1.165, 1.54) is 37.5 Å². The average molecular weight is 271 g/mol. The van der Waals surface area contributed by atoms with E-state index in [0.29, 0.717) is 6.04 Å². The van der Waals surface area contributed by atoms with Gasteiger partial charge in [0.25, 0.3) is 0 Å². The quantitative estimate of drug-likeness (QED) is 0.841. The van der Waals surface area contributed by atoms with Crippen LogP contribution < -0.4 is 5.32 Å². The van der Waals surface area contributed by atoms with E-state index in [0.717, 1.165) is 17.3 Å². The molecule has 3 rings (SSSR count). The highest BCUT2D eigenvalue weighted by Gasteiger charge is 2.22. The zero-order chi connectivity index (χ0) is 13.9. The molecule has 108 valence electrons. The molecule has 0 spiro atoms. The number of fused-ring (bicyclic) bond motifs is 1. The normalized spacial score (nSPS) is 20.1. The van der Waals surface area contributed by atoms with Crippen molar-refractivity contribution in [2.75, 3.05) is 0 Å². The lowest BCUT2D eigenvalue weighted by Gasteiger charge is -2.30. The number of hydrogen-bond acceptors (Lipinski definition) is 2. The van der Waals surface area contributed by atoms with Crippen LogP contribution in [-0.4, -0.2) is 6.04 Å². The molecule has 0 bridgehead atoms. The Labute approximate surface area is 121 Å². The second-order valence-electron chi connectivity index (χ2n) is 6.26. The van der Waals surface area contributed by atoms with E-state index in [9.17, 15) is 0 Å². The van der Waals surface area contributed by atoms with Crippen LogP contribution in [0.25, 0.3) is 11.0 Å². The van der Waals surface area contributed by atoms with E-state index >= 15 is 0 Å². The molecule has 1 aromatic carbocycles. The number of furan rings is 1. The van der Waals surface area contributed by atoms with Gasteiger partial charge in [0.1, 0.15) is 11.3 Å². The molecule has 1 aromatic heterocycles. The molecule has 1 heterocycles. The predicted octanol–water partition coefficient (Wildman–Crippen LogP) is 5.05. The van der Waals surface area contributed by atoms with Crippen LogP contribution in [0.1, 0.15) is 57.8 Å². The molecule has 1 saturated carbocycles. The zero-order valence-electron chi connectivity index (χ0n) is 12.6. The van der Waals surface area contributed by atoms with Crippen LogP contribution in [0.15, 0.2) is 34.7 Å². The van der Waals surface area contributed by atoms with E-state index in [-0.39, 0.29) is 6.04 Å². The highest BCUT2D eigenvalue weighted by atomic mass is 16.3. The number of nitrogens with one attached hydrogen (secondary N) is 1. The summed E-state index contributed by atoms with van der Waals surface area (Å²) in [4.78, 5) is 0. The van der Waals surface area contributed by atoms with Crippen LogP contribution in [0.2, 0.25) is 0 Å². The first-order valence-corrected chi connectivity index (χ1v) is 7.98. The molecule has 0 radical (unpaired) electrons. The smallest absolute Gasteiger partial charge is 0.134 e. The fraction of sp³-hybridized carbons (Fsp3) is 0.556. The van der Waals surface area contributed by atoms with Crippen LogP contribution in [0.5, 0.6) is 0 Å². The summed E-state index contributed by atoms with van der Waals surface area (Å²) in [5.41, 5.74) is 0.987. The van der Waals surface area contributed by atoms with Crippen molar-refractivity contribution in [1.29, 1.82) is 0 Å². The second-order valence-corrected chi connectivity index (χ2v) is 6.26. The first kappa shape index (κ1) is 13.7. The Morgan fingerprint density at radius 3 is 2.60 bits per heavy atom. The van der Waals surface area contributed by atoms with Crippen molar-refractivity contribution in [2.45, 2.75) is 58.0 Å². The SMILES string of the molecule is CC(N[C@H](C)C1CCCCC1)c1cc2ccccc2o1. The Morgan fingerprint density at radius 1 is 1.10 bits per heavy atom. The summed E-state index contributed by atoms with van der Waals surface area (Å²) in [5.74, 6) is 1.88. The Morgan fingerprint density at radius 2 is 1.85 bits per heavy atom. The minimum absolute atomic E-state index is 0.277. The van der Waals surface area contributed by atoms with Crippen molar-refractivity contribution in [1.82, 2.24) is 5.32 Å². The molecule has 20 heavy (non-hydrogen) atoms. The molecule has 1 aliphatic rings. The largest absolute Gasteiger partial charge is 0.459 e. The maximum absolute atomic E-state index is 5.96. The summed E-state index contributed by atoms with van der Waals surface area (Å²) in [7, 11) is 0. The number of hydrogen-bond donors (Lipinski definition) is 1. The Kier molecular flexibility index (Phi) is 4.11. The van der Waals surface area contributed by atoms with Gasteiger partial charge in [0.05, 0.1) is 6.04 Å². The summed E-state index contributed by atoms with van der Waals surface area (Å²) in [6.07, 6.45) is 6.97. The minimum Gasteiger partial charge on any atom is -0.459 e. The van der Waals surface area contributed by atoms with Crippen molar-refractivity contribution in [2.24, 2.45) is 5.92 Å². The predicted molar refractivity (Wildman–Crippen MR) is 83.8 cm³/mol. The average Bonchev–Trinajstić information content (AvgIpc) is 2.92. The highest BCUT2D eigenvalue weighted by Crippen LogP contribution is 2.29. The first-order chi connectivity index (χ1) is 9.74. The molecule has 0 amide bonds. The Balaban J connectivity index is 1.67. The van der Waals surface area contributed by atoms with E-state index < -0.39 is 0 Å². The number of benzene rings is 1. The lowest BCUT2D eigenvalue weighted by molar-refractivity contribution is 0.260. The van der Waals surface area contributed by atoms with Crippen molar-refractivity contribution in [3.8, 4) is 0 Å². The van der Waals surface area contributed by atoms with Crippen molar-refractivity contribution >= 4 is 11.0 Å². The van der Waals surface area contributed by atoms with E-state index in [2.05, 4.69) is 37.4 Å². The molecule has 0 saturated heterocycles. The lowest BCUT2D eigenvalue weighted by atomic mass is 9.84. The van der Waals surface area contributed by atoms with Crippen molar-refractivity contribution < 1.29 is 4.42 Å². The van der Waals surface area contributed by atoms with Gasteiger partial charge < -0.3 is 9.73 Å². The van der Waals surface area contributed by atoms with Crippen LogP contribution in [0.4, 0.5) is 0 Å². The molecule has 1 unspecified atom stereocenters. The maximum Gasteiger partial charge on any atom is 0.134 e. The van der Waals surface area contributed by atoms with Gasteiger partial charge in [-0.2, -0.15) is 0 Å². The first-order valence-electron chi connectivity index (χ1n) is 7.98. The van der Waals surface area contributed by atoms with Gasteiger partial charge in [-0.15, -0.1) is 0 Å². The third-order valence-corrected chi connectivity index (χ3v) is 4.74. The fourth-order valence-electron chi connectivity index (χ4n) is 3.46. The summed E-state index contributed by atoms with van der Waals surface area (Å²) in [5, 5.41) is 4.93. The van der Waals surface area contributed by atoms with Crippen LogP contribution in [0.3, 0.4) is 0 Å². The van der Waals surface area contributed by atoms with Gasteiger partial charge in [-0.05, 0) is 44.7 Å². The standard InChI is InChI=1S/C18H25NO/c1-13(15-8-4-3-5-9-15)19-14(2)18-12-16-10-6-7-11-17(16)20-18/h6-7,10-15,19H,3-5,8-9H2,1-2H3/t13-,14?/m1/s1. The summed E-state index contributed by atoms with van der Waals surface area (Å²) in [6.45, 7) is 4.53. The summed E-state index contributed by atoms with van der Waals surface area (Å²) in [6, 6.07) is 11.2. The maximum atomic E-state index is 5.96. The Bertz CT molecular complexity index is 520. The fourth-order valence-corrected chi connectivity index (χ4v) is 3.46. The highest BCUT2D eigenvalue weighted by molar-refractivity contribution is 5.77. The zero-order valence-corrected chi connectivity index (χ0v) is 12.6. The van der Waals surface area contributed by atoms with Crippen LogP contribution in [0, 0.1) is 5.92 Å². The molecular weight excluding hydrogens is 246 g/mol. The van der Waals surface area contributed by atoms with E-state index in [4.69, 9.17) is 4.42 Å². The third kappa shape index (κ3) is 2.90. The monoisotopic (exact) mass is 271 g/mol. The summed E-state index contributed by atoms with van der Waals surface area (Å²) < 4.78 is 5.96. The molecule has 2 aromatic rings. The van der Waals surface area contributed by atoms with E-state index in [1.54, 1.807) is 0 Å². The number of para-hydroxylation sites is 1. The van der Waals surface area contributed by atoms with Gasteiger partial charge in [-0.3, -0.25) is 0 Å². The van der Waals surface area contributed by atoms with Gasteiger partial charge in [-0.1, -0.05) is 37.5 Å². The van der Waals surface area contributed by atoms with Crippen molar-refractivity contribution in [3.63, 3.8) is 0 Å². The van der Waals surface area contributed by atoms with Crippen LogP contribution in [-0.2, 0) is 0 Å². The molecular formula is C18H25NO.